The molecule has 2 nitrogen and oxygen atoms in total. The highest BCUT2D eigenvalue weighted by Crippen LogP contribution is 2.23. The maximum atomic E-state index is 12.6. The topological polar surface area (TPSA) is 20.3 Å². The number of hydrogen-bond acceptors (Lipinski definition) is 1. The number of benzene rings is 1. The van der Waals surface area contributed by atoms with Crippen molar-refractivity contribution < 1.29 is 4.79 Å². The summed E-state index contributed by atoms with van der Waals surface area (Å²) in [6.45, 7) is 7.98. The quantitative estimate of drug-likeness (QED) is 0.660. The van der Waals surface area contributed by atoms with Gasteiger partial charge in [-0.1, -0.05) is 42.6 Å². The molecule has 0 spiro atoms. The molecule has 1 aromatic carbocycles. The van der Waals surface area contributed by atoms with Gasteiger partial charge in [0.1, 0.15) is 0 Å². The first-order chi connectivity index (χ1) is 9.03. The van der Waals surface area contributed by atoms with Crippen LogP contribution in [0.4, 0.5) is 0 Å². The molecule has 106 valence electrons. The molecular weight excluding hydrogens is 370 g/mol. The molecule has 0 heterocycles. The minimum absolute atomic E-state index is 0.0996. The van der Waals surface area contributed by atoms with E-state index in [9.17, 15) is 4.79 Å². The van der Waals surface area contributed by atoms with Gasteiger partial charge < -0.3 is 4.90 Å². The summed E-state index contributed by atoms with van der Waals surface area (Å²) >= 11 is 6.88. The summed E-state index contributed by atoms with van der Waals surface area (Å²) < 4.78 is 1.78. The van der Waals surface area contributed by atoms with E-state index in [1.165, 1.54) is 0 Å². The van der Waals surface area contributed by atoms with E-state index in [0.717, 1.165) is 40.4 Å². The fourth-order valence-corrected chi connectivity index (χ4v) is 2.82. The average Bonchev–Trinajstić information content (AvgIpc) is 2.42. The first kappa shape index (κ1) is 16.7. The molecule has 0 aliphatic heterocycles. The predicted octanol–water partition coefficient (Wildman–Crippen LogP) is 5.11. The Kier molecular flexibility index (Phi) is 7.08. The number of hydrogen-bond donors (Lipinski definition) is 0. The third-order valence-electron chi connectivity index (χ3n) is 3.46. The highest BCUT2D eigenvalue weighted by molar-refractivity contribution is 9.11. The lowest BCUT2D eigenvalue weighted by atomic mass is 10.0. The standard InChI is InChI=1S/C15H21Br2NO/c1-4-11(5-2)10-18(6-3)15(19)13-9-12(16)7-8-14(13)17/h7-9,11H,4-6,10H2,1-3H3. The zero-order valence-electron chi connectivity index (χ0n) is 11.7. The van der Waals surface area contributed by atoms with Crippen molar-refractivity contribution in [2.24, 2.45) is 5.92 Å². The number of carbonyl (C=O) groups is 1. The second kappa shape index (κ2) is 8.05. The van der Waals surface area contributed by atoms with Crippen LogP contribution in [0.5, 0.6) is 0 Å². The molecule has 0 atom stereocenters. The smallest absolute Gasteiger partial charge is 0.255 e. The van der Waals surface area contributed by atoms with Gasteiger partial charge >= 0.3 is 0 Å². The van der Waals surface area contributed by atoms with Crippen LogP contribution in [0, 0.1) is 5.92 Å². The van der Waals surface area contributed by atoms with Crippen LogP contribution >= 0.6 is 31.9 Å². The number of amides is 1. The molecule has 0 N–H and O–H groups in total. The Morgan fingerprint density at radius 2 is 1.84 bits per heavy atom. The highest BCUT2D eigenvalue weighted by Gasteiger charge is 2.19. The molecule has 0 aromatic heterocycles. The van der Waals surface area contributed by atoms with Crippen molar-refractivity contribution >= 4 is 37.8 Å². The molecule has 1 aromatic rings. The molecule has 0 unspecified atom stereocenters. The van der Waals surface area contributed by atoms with Gasteiger partial charge in [-0.25, -0.2) is 0 Å². The van der Waals surface area contributed by atoms with Gasteiger partial charge in [-0.3, -0.25) is 4.79 Å². The second-order valence-electron chi connectivity index (χ2n) is 4.65. The molecule has 1 amide bonds. The predicted molar refractivity (Wildman–Crippen MR) is 87.5 cm³/mol. The molecule has 0 saturated heterocycles. The number of halogens is 2. The molecule has 0 saturated carbocycles. The summed E-state index contributed by atoms with van der Waals surface area (Å²) in [5, 5.41) is 0. The summed E-state index contributed by atoms with van der Waals surface area (Å²) in [5.74, 6) is 0.678. The maximum absolute atomic E-state index is 12.6. The Bertz CT molecular complexity index is 430. The van der Waals surface area contributed by atoms with Crippen LogP contribution < -0.4 is 0 Å². The van der Waals surface area contributed by atoms with E-state index in [-0.39, 0.29) is 5.91 Å². The maximum Gasteiger partial charge on any atom is 0.255 e. The fraction of sp³-hybridized carbons (Fsp3) is 0.533. The number of carbonyl (C=O) groups excluding carboxylic acids is 1. The zero-order chi connectivity index (χ0) is 14.4. The van der Waals surface area contributed by atoms with Gasteiger partial charge in [0, 0.05) is 22.0 Å². The Morgan fingerprint density at radius 1 is 1.21 bits per heavy atom. The van der Waals surface area contributed by atoms with Crippen LogP contribution in [0.2, 0.25) is 0 Å². The summed E-state index contributed by atoms with van der Waals surface area (Å²) in [7, 11) is 0. The van der Waals surface area contributed by atoms with E-state index in [2.05, 4.69) is 45.7 Å². The lowest BCUT2D eigenvalue weighted by Crippen LogP contribution is -2.35. The fourth-order valence-electron chi connectivity index (χ4n) is 2.05. The Labute approximate surface area is 132 Å². The van der Waals surface area contributed by atoms with Gasteiger partial charge in [-0.15, -0.1) is 0 Å². The second-order valence-corrected chi connectivity index (χ2v) is 6.42. The monoisotopic (exact) mass is 389 g/mol. The normalized spacial score (nSPS) is 10.8. The summed E-state index contributed by atoms with van der Waals surface area (Å²) in [5.41, 5.74) is 0.724. The van der Waals surface area contributed by atoms with E-state index in [1.54, 1.807) is 0 Å². The van der Waals surface area contributed by atoms with Crippen LogP contribution in [0.1, 0.15) is 44.0 Å². The first-order valence-corrected chi connectivity index (χ1v) is 8.36. The molecule has 1 rings (SSSR count). The van der Waals surface area contributed by atoms with E-state index in [4.69, 9.17) is 0 Å². The van der Waals surface area contributed by atoms with Crippen molar-refractivity contribution in [3.05, 3.63) is 32.7 Å². The SMILES string of the molecule is CCC(CC)CN(CC)C(=O)c1cc(Br)ccc1Br. The van der Waals surface area contributed by atoms with Crippen molar-refractivity contribution in [2.75, 3.05) is 13.1 Å². The Balaban J connectivity index is 2.92. The highest BCUT2D eigenvalue weighted by atomic mass is 79.9. The summed E-state index contributed by atoms with van der Waals surface area (Å²) in [6, 6.07) is 5.71. The third-order valence-corrected chi connectivity index (χ3v) is 4.65. The van der Waals surface area contributed by atoms with Crippen molar-refractivity contribution in [1.82, 2.24) is 4.90 Å². The first-order valence-electron chi connectivity index (χ1n) is 6.77. The van der Waals surface area contributed by atoms with Gasteiger partial charge in [0.2, 0.25) is 0 Å². The van der Waals surface area contributed by atoms with Crippen LogP contribution in [-0.2, 0) is 0 Å². The van der Waals surface area contributed by atoms with Crippen molar-refractivity contribution in [1.29, 1.82) is 0 Å². The molecule has 0 aliphatic carbocycles. The third kappa shape index (κ3) is 4.60. The van der Waals surface area contributed by atoms with Crippen LogP contribution in [0.15, 0.2) is 27.1 Å². The van der Waals surface area contributed by atoms with Gasteiger partial charge in [0.15, 0.2) is 0 Å². The number of nitrogens with zero attached hydrogens (tertiary/aromatic N) is 1. The number of rotatable bonds is 6. The lowest BCUT2D eigenvalue weighted by molar-refractivity contribution is 0.0734. The average molecular weight is 391 g/mol. The molecule has 4 heteroatoms. The molecule has 0 radical (unpaired) electrons. The Morgan fingerprint density at radius 3 is 2.37 bits per heavy atom. The van der Waals surface area contributed by atoms with E-state index in [1.807, 2.05) is 30.0 Å². The molecular formula is C15H21Br2NO. The lowest BCUT2D eigenvalue weighted by Gasteiger charge is -2.26. The molecule has 19 heavy (non-hydrogen) atoms. The van der Waals surface area contributed by atoms with Crippen molar-refractivity contribution in [3.63, 3.8) is 0 Å². The minimum atomic E-state index is 0.0996. The molecule has 0 aliphatic rings. The zero-order valence-corrected chi connectivity index (χ0v) is 14.9. The van der Waals surface area contributed by atoms with E-state index >= 15 is 0 Å². The van der Waals surface area contributed by atoms with E-state index < -0.39 is 0 Å². The summed E-state index contributed by atoms with van der Waals surface area (Å²) in [4.78, 5) is 14.5. The van der Waals surface area contributed by atoms with Crippen LogP contribution in [-0.4, -0.2) is 23.9 Å². The van der Waals surface area contributed by atoms with Gasteiger partial charge in [0.25, 0.3) is 5.91 Å². The minimum Gasteiger partial charge on any atom is -0.339 e. The van der Waals surface area contributed by atoms with E-state index in [0.29, 0.717) is 5.92 Å². The molecule has 0 fully saturated rings. The van der Waals surface area contributed by atoms with Gasteiger partial charge in [-0.05, 0) is 47.0 Å². The largest absolute Gasteiger partial charge is 0.339 e. The van der Waals surface area contributed by atoms with Crippen LogP contribution in [0.25, 0.3) is 0 Å². The van der Waals surface area contributed by atoms with Crippen molar-refractivity contribution in [2.45, 2.75) is 33.6 Å². The molecule has 0 bridgehead atoms. The van der Waals surface area contributed by atoms with Crippen molar-refractivity contribution in [3.8, 4) is 0 Å². The van der Waals surface area contributed by atoms with Gasteiger partial charge in [-0.2, -0.15) is 0 Å². The van der Waals surface area contributed by atoms with Crippen LogP contribution in [0.3, 0.4) is 0 Å². The van der Waals surface area contributed by atoms with Gasteiger partial charge in [0.05, 0.1) is 5.56 Å². The Hall–Kier alpha value is -0.350. The summed E-state index contributed by atoms with van der Waals surface area (Å²) in [6.07, 6.45) is 2.22.